The van der Waals surface area contributed by atoms with Crippen LogP contribution in [0.1, 0.15) is 41.5 Å². The molecule has 0 fully saturated rings. The van der Waals surface area contributed by atoms with E-state index in [1.807, 2.05) is 0 Å². The van der Waals surface area contributed by atoms with Crippen LogP contribution in [0, 0.1) is 0 Å². The molecule has 0 heterocycles. The van der Waals surface area contributed by atoms with E-state index in [0.717, 1.165) is 0 Å². The minimum absolute atomic E-state index is 0.171. The Morgan fingerprint density at radius 2 is 1.00 bits per heavy atom. The average Bonchev–Trinajstić information content (AvgIpc) is 2.40. The summed E-state index contributed by atoms with van der Waals surface area (Å²) in [5, 5.41) is 0. The van der Waals surface area contributed by atoms with E-state index in [1.54, 1.807) is 0 Å². The Morgan fingerprint density at radius 3 is 1.11 bits per heavy atom. The molecule has 0 bridgehead atoms. The number of carbonyl (C=O) groups is 1. The van der Waals surface area contributed by atoms with Crippen LogP contribution in [0.4, 0.5) is 4.79 Å². The molecule has 18 heavy (non-hydrogen) atoms. The Morgan fingerprint density at radius 1 is 0.778 bits per heavy atom. The number of hydrogen-bond acceptors (Lipinski definition) is 1. The van der Waals surface area contributed by atoms with Gasteiger partial charge in [0.2, 0.25) is 0 Å². The van der Waals surface area contributed by atoms with E-state index in [9.17, 15) is 4.79 Å². The van der Waals surface area contributed by atoms with Gasteiger partial charge in [0.15, 0.2) is 0 Å². The first-order chi connectivity index (χ1) is 8.43. The Kier molecular flexibility index (Phi) is 9.40. The van der Waals surface area contributed by atoms with Crippen molar-refractivity contribution < 1.29 is 20.3 Å². The van der Waals surface area contributed by atoms with Crippen LogP contribution in [0.15, 0.2) is 0 Å². The molecule has 116 valence electrons. The first-order valence-electron chi connectivity index (χ1n) is 7.26. The van der Waals surface area contributed by atoms with E-state index in [-0.39, 0.29) is 3.76 Å². The van der Waals surface area contributed by atoms with E-state index in [0.29, 0.717) is 0 Å². The summed E-state index contributed by atoms with van der Waals surface area (Å²) in [6.45, 7) is 14.0. The van der Waals surface area contributed by atoms with Gasteiger partial charge in [-0.15, -0.1) is 0 Å². The third-order valence-corrected chi connectivity index (χ3v) is 67.4. The standard InChI is InChI=1S/2C6H15P.CClO.Ir/c2*1-4-7(5-2)6-3;2-1-3;/h2*4-6H2,1-3H3;;/q;;;-2/p+2. The van der Waals surface area contributed by atoms with Gasteiger partial charge in [0.25, 0.3) is 0 Å². The zero-order chi connectivity index (χ0) is 14.4. The molecule has 5 heteroatoms. The van der Waals surface area contributed by atoms with Crippen molar-refractivity contribution in [2.24, 2.45) is 0 Å². The van der Waals surface area contributed by atoms with Crippen LogP contribution >= 0.6 is 22.6 Å². The summed E-state index contributed by atoms with van der Waals surface area (Å²) in [5.74, 6) is 0. The second-order valence-corrected chi connectivity index (χ2v) is 40.8. The second-order valence-electron chi connectivity index (χ2n) is 4.79. The van der Waals surface area contributed by atoms with Gasteiger partial charge >= 0.3 is 125 Å². The van der Waals surface area contributed by atoms with Crippen LogP contribution in [0.3, 0.4) is 0 Å². The fourth-order valence-electron chi connectivity index (χ4n) is 2.86. The van der Waals surface area contributed by atoms with Crippen molar-refractivity contribution >= 4 is 26.4 Å². The fraction of sp³-hybridized carbons (Fsp3) is 0.923. The van der Waals surface area contributed by atoms with Crippen molar-refractivity contribution in [3.63, 3.8) is 0 Å². The minimum atomic E-state index is -1.74. The molecule has 0 spiro atoms. The zero-order valence-corrected chi connectivity index (χ0v) is 18.0. The summed E-state index contributed by atoms with van der Waals surface area (Å²) in [5.41, 5.74) is -2.72. The van der Waals surface area contributed by atoms with E-state index >= 15 is 0 Å². The van der Waals surface area contributed by atoms with E-state index in [4.69, 9.17) is 11.6 Å². The molecule has 0 rings (SSSR count). The number of hydrogen-bond donors (Lipinski definition) is 0. The van der Waals surface area contributed by atoms with E-state index < -0.39 is 26.5 Å². The SMILES string of the molecule is CC[PH](CC)(CC)[Ir]([C](=O)Cl)[PH](CC)(CC)CC. The molecule has 0 radical (unpaired) electrons. The molecule has 0 aliphatic carbocycles. The van der Waals surface area contributed by atoms with Gasteiger partial charge in [0.05, 0.1) is 0 Å². The van der Waals surface area contributed by atoms with Crippen LogP contribution < -0.4 is 0 Å². The molecule has 1 nitrogen and oxygen atoms in total. The van der Waals surface area contributed by atoms with Gasteiger partial charge in [-0.05, 0) is 0 Å². The van der Waals surface area contributed by atoms with Crippen LogP contribution in [0.5, 0.6) is 0 Å². The molecule has 0 N–H and O–H groups in total. The predicted molar refractivity (Wildman–Crippen MR) is 91.1 cm³/mol. The number of rotatable bonds is 9. The van der Waals surface area contributed by atoms with Gasteiger partial charge < -0.3 is 0 Å². The third kappa shape index (κ3) is 3.77. The average molecular weight is 494 g/mol. The molecule has 0 aromatic carbocycles. The summed E-state index contributed by atoms with van der Waals surface area (Å²) in [6.07, 6.45) is 7.68. The van der Waals surface area contributed by atoms with Crippen LogP contribution in [-0.4, -0.2) is 40.7 Å². The summed E-state index contributed by atoms with van der Waals surface area (Å²) in [4.78, 5) is 12.3. The Hall–Kier alpha value is 1.47. The maximum absolute atomic E-state index is 12.3. The normalized spacial score (nSPS) is 15.4. The Balaban J connectivity index is 5.73. The molecule has 0 saturated heterocycles. The Labute approximate surface area is 125 Å². The number of carbonyl (C=O) groups excluding carboxylic acids is 1. The molecule has 0 amide bonds. The summed E-state index contributed by atoms with van der Waals surface area (Å²) in [6, 6.07) is 0. The van der Waals surface area contributed by atoms with Crippen molar-refractivity contribution in [1.29, 1.82) is 0 Å². The third-order valence-electron chi connectivity index (χ3n) is 4.55. The van der Waals surface area contributed by atoms with Gasteiger partial charge in [-0.2, -0.15) is 0 Å². The van der Waals surface area contributed by atoms with Gasteiger partial charge in [0.1, 0.15) is 0 Å². The van der Waals surface area contributed by atoms with Gasteiger partial charge in [0, 0.05) is 0 Å². The van der Waals surface area contributed by atoms with Crippen LogP contribution in [0.25, 0.3) is 0 Å². The van der Waals surface area contributed by atoms with Crippen molar-refractivity contribution in [2.45, 2.75) is 41.5 Å². The van der Waals surface area contributed by atoms with E-state index in [2.05, 4.69) is 41.5 Å². The van der Waals surface area contributed by atoms with Gasteiger partial charge in [-0.25, -0.2) is 0 Å². The molecule has 0 atom stereocenters. The monoisotopic (exact) mass is 494 g/mol. The fourth-order valence-corrected chi connectivity index (χ4v) is 80.2. The molecule has 0 aromatic rings. The molecule has 0 saturated carbocycles. The van der Waals surface area contributed by atoms with Crippen molar-refractivity contribution in [2.75, 3.05) is 37.0 Å². The molecule has 0 aliphatic rings. The van der Waals surface area contributed by atoms with Gasteiger partial charge in [-0.1, -0.05) is 0 Å². The van der Waals surface area contributed by atoms with Crippen LogP contribution in [0.2, 0.25) is 0 Å². The molecule has 0 unspecified atom stereocenters. The predicted octanol–water partition coefficient (Wildman–Crippen LogP) is 5.41. The van der Waals surface area contributed by atoms with Crippen molar-refractivity contribution in [3.8, 4) is 0 Å². The zero-order valence-electron chi connectivity index (χ0n) is 12.9. The maximum atomic E-state index is 12.3. The van der Waals surface area contributed by atoms with Crippen molar-refractivity contribution in [3.05, 3.63) is 0 Å². The number of halogens is 1. The molecular weight excluding hydrogens is 462 g/mol. The van der Waals surface area contributed by atoms with E-state index in [1.165, 1.54) is 37.0 Å². The Bertz CT molecular complexity index is 229. The first-order valence-corrected chi connectivity index (χ1v) is 20.9. The van der Waals surface area contributed by atoms with Gasteiger partial charge in [-0.3, -0.25) is 0 Å². The molecular formula is C13H32ClIrOP2. The van der Waals surface area contributed by atoms with Crippen molar-refractivity contribution in [1.82, 2.24) is 0 Å². The first kappa shape index (κ1) is 19.5. The second kappa shape index (κ2) is 8.69. The summed E-state index contributed by atoms with van der Waals surface area (Å²) in [7, 11) is 0. The summed E-state index contributed by atoms with van der Waals surface area (Å²) >= 11 is 4.45. The molecule has 0 aliphatic heterocycles. The topological polar surface area (TPSA) is 17.1 Å². The summed E-state index contributed by atoms with van der Waals surface area (Å²) < 4.78 is 0.171. The quantitative estimate of drug-likeness (QED) is 0.310. The molecule has 0 aromatic heterocycles. The van der Waals surface area contributed by atoms with Crippen LogP contribution in [-0.2, 0) is 15.5 Å².